The number of benzene rings is 2. The van der Waals surface area contributed by atoms with Crippen LogP contribution >= 0.6 is 0 Å². The summed E-state index contributed by atoms with van der Waals surface area (Å²) < 4.78 is 103. The molecule has 3 rings (SSSR count). The van der Waals surface area contributed by atoms with Crippen molar-refractivity contribution in [1.29, 1.82) is 0 Å². The molecule has 1 saturated heterocycles. The summed E-state index contributed by atoms with van der Waals surface area (Å²) in [5.74, 6) is 0. The van der Waals surface area contributed by atoms with Crippen LogP contribution in [0.3, 0.4) is 0 Å². The molecule has 1 heterocycles. The number of nitrogens with zero attached hydrogens (tertiary/aromatic N) is 2. The maximum absolute atomic E-state index is 12.9. The summed E-state index contributed by atoms with van der Waals surface area (Å²) in [6.45, 7) is -0.518. The molecule has 1 fully saturated rings. The van der Waals surface area contributed by atoms with Crippen LogP contribution in [0.4, 0.5) is 31.1 Å². The molecule has 0 radical (unpaired) electrons. The zero-order chi connectivity index (χ0) is 24.4. The average molecular weight is 495 g/mol. The Morgan fingerprint density at radius 1 is 0.848 bits per heavy atom. The van der Waals surface area contributed by atoms with Gasteiger partial charge >= 0.3 is 18.4 Å². The lowest BCUT2D eigenvalue weighted by atomic mass is 10.1. The molecule has 33 heavy (non-hydrogen) atoms. The van der Waals surface area contributed by atoms with E-state index in [0.29, 0.717) is 6.07 Å². The first-order valence-corrected chi connectivity index (χ1v) is 11.1. The van der Waals surface area contributed by atoms with E-state index in [1.54, 1.807) is 0 Å². The number of alkyl halides is 6. The Balaban J connectivity index is 1.59. The maximum Gasteiger partial charge on any atom is 0.416 e. The fraction of sp³-hybridized carbons (Fsp3) is 0.350. The minimum absolute atomic E-state index is 0.0351. The van der Waals surface area contributed by atoms with Gasteiger partial charge in [-0.1, -0.05) is 18.2 Å². The quantitative estimate of drug-likeness (QED) is 0.654. The van der Waals surface area contributed by atoms with Gasteiger partial charge in [0, 0.05) is 32.7 Å². The number of amides is 2. The Bertz CT molecular complexity index is 1110. The number of urea groups is 1. The van der Waals surface area contributed by atoms with E-state index in [0.717, 1.165) is 34.6 Å². The molecule has 0 atom stereocenters. The average Bonchev–Trinajstić information content (AvgIpc) is 2.76. The fourth-order valence-corrected chi connectivity index (χ4v) is 4.73. The highest BCUT2D eigenvalue weighted by Crippen LogP contribution is 2.31. The van der Waals surface area contributed by atoms with Crippen molar-refractivity contribution in [2.45, 2.75) is 23.8 Å². The topological polar surface area (TPSA) is 69.7 Å². The summed E-state index contributed by atoms with van der Waals surface area (Å²) in [4.78, 5) is 13.1. The van der Waals surface area contributed by atoms with E-state index in [9.17, 15) is 39.6 Å². The van der Waals surface area contributed by atoms with Gasteiger partial charge in [0.1, 0.15) is 0 Å². The number of hydrogen-bond acceptors (Lipinski definition) is 3. The number of piperazine rings is 1. The lowest BCUT2D eigenvalue weighted by molar-refractivity contribution is -0.138. The van der Waals surface area contributed by atoms with E-state index in [2.05, 4.69) is 5.32 Å². The number of sulfonamides is 1. The van der Waals surface area contributed by atoms with E-state index >= 15 is 0 Å². The minimum Gasteiger partial charge on any atom is -0.334 e. The Morgan fingerprint density at radius 2 is 1.39 bits per heavy atom. The molecule has 2 aromatic rings. The summed E-state index contributed by atoms with van der Waals surface area (Å²) in [6.07, 6.45) is -9.20. The van der Waals surface area contributed by atoms with Gasteiger partial charge in [0.25, 0.3) is 0 Å². The third-order valence-corrected chi connectivity index (χ3v) is 6.92. The monoisotopic (exact) mass is 495 g/mol. The van der Waals surface area contributed by atoms with Crippen molar-refractivity contribution in [3.8, 4) is 0 Å². The highest BCUT2D eigenvalue weighted by atomic mass is 32.2. The lowest BCUT2D eigenvalue weighted by Crippen LogP contribution is -2.52. The number of nitrogens with one attached hydrogen (secondary N) is 1. The van der Waals surface area contributed by atoms with Crippen molar-refractivity contribution in [1.82, 2.24) is 14.5 Å². The van der Waals surface area contributed by atoms with Gasteiger partial charge in [0.15, 0.2) is 0 Å². The third kappa shape index (κ3) is 5.96. The van der Waals surface area contributed by atoms with Crippen LogP contribution in [0.15, 0.2) is 53.4 Å². The molecular weight excluding hydrogens is 476 g/mol. The van der Waals surface area contributed by atoms with Crippen LogP contribution in [-0.4, -0.2) is 49.8 Å². The number of rotatable bonds is 4. The number of carbonyl (C=O) groups is 1. The van der Waals surface area contributed by atoms with E-state index in [1.807, 2.05) is 0 Å². The first kappa shape index (κ1) is 24.8. The maximum atomic E-state index is 12.9. The largest absolute Gasteiger partial charge is 0.416 e. The molecular formula is C20H19F6N3O3S. The van der Waals surface area contributed by atoms with Crippen LogP contribution in [0, 0.1) is 0 Å². The zero-order valence-corrected chi connectivity index (χ0v) is 17.8. The van der Waals surface area contributed by atoms with Crippen molar-refractivity contribution >= 4 is 16.1 Å². The minimum atomic E-state index is -4.69. The molecule has 0 spiro atoms. The predicted octanol–water partition coefficient (Wildman–Crippen LogP) is 3.94. The summed E-state index contributed by atoms with van der Waals surface area (Å²) in [6, 6.07) is 7.29. The highest BCUT2D eigenvalue weighted by molar-refractivity contribution is 7.89. The van der Waals surface area contributed by atoms with E-state index < -0.39 is 44.4 Å². The highest BCUT2D eigenvalue weighted by Gasteiger charge is 2.34. The van der Waals surface area contributed by atoms with Gasteiger partial charge in [-0.3, -0.25) is 0 Å². The molecule has 2 aromatic carbocycles. The summed E-state index contributed by atoms with van der Waals surface area (Å²) in [5, 5.41) is 2.48. The number of carbonyl (C=O) groups excluding carboxylic acids is 1. The Labute approximate surface area is 185 Å². The smallest absolute Gasteiger partial charge is 0.334 e. The van der Waals surface area contributed by atoms with Crippen LogP contribution in [0.2, 0.25) is 0 Å². The van der Waals surface area contributed by atoms with E-state index in [1.165, 1.54) is 17.0 Å². The first-order chi connectivity index (χ1) is 15.3. The molecule has 180 valence electrons. The van der Waals surface area contributed by atoms with E-state index in [4.69, 9.17) is 0 Å². The van der Waals surface area contributed by atoms with Crippen LogP contribution in [-0.2, 0) is 28.9 Å². The molecule has 0 saturated carbocycles. The van der Waals surface area contributed by atoms with Gasteiger partial charge in [-0.05, 0) is 35.9 Å². The molecule has 0 unspecified atom stereocenters. The second-order valence-corrected chi connectivity index (χ2v) is 9.21. The fourth-order valence-electron chi connectivity index (χ4n) is 3.26. The normalized spacial score (nSPS) is 16.0. The Morgan fingerprint density at radius 3 is 1.97 bits per heavy atom. The lowest BCUT2D eigenvalue weighted by Gasteiger charge is -2.34. The molecule has 1 N–H and O–H groups in total. The summed E-state index contributed by atoms with van der Waals surface area (Å²) >= 11 is 0. The van der Waals surface area contributed by atoms with Crippen molar-refractivity contribution in [2.75, 3.05) is 26.2 Å². The second-order valence-electron chi connectivity index (χ2n) is 7.27. The van der Waals surface area contributed by atoms with Gasteiger partial charge in [-0.2, -0.15) is 30.6 Å². The molecule has 6 nitrogen and oxygen atoms in total. The van der Waals surface area contributed by atoms with Crippen molar-refractivity contribution < 1.29 is 39.6 Å². The molecule has 0 aliphatic carbocycles. The number of halogens is 6. The standard InChI is InChI=1S/C20H19F6N3O3S/c21-19(22,23)15-4-1-3-14(11-15)13-27-18(30)28-7-9-29(10-8-28)33(31,32)17-6-2-5-16(12-17)20(24,25)26/h1-6,11-12H,7-10,13H2,(H,27,30). The SMILES string of the molecule is O=C(NCc1cccc(C(F)(F)F)c1)N1CCN(S(=O)(=O)c2cccc(C(F)(F)F)c2)CC1. The second kappa shape index (κ2) is 9.21. The molecule has 1 aliphatic heterocycles. The molecule has 0 aromatic heterocycles. The third-order valence-electron chi connectivity index (χ3n) is 5.02. The number of hydrogen-bond donors (Lipinski definition) is 1. The van der Waals surface area contributed by atoms with Crippen LogP contribution in [0.5, 0.6) is 0 Å². The first-order valence-electron chi connectivity index (χ1n) is 9.65. The van der Waals surface area contributed by atoms with Gasteiger partial charge < -0.3 is 10.2 Å². The van der Waals surface area contributed by atoms with Gasteiger partial charge in [-0.25, -0.2) is 13.2 Å². The molecule has 13 heteroatoms. The van der Waals surface area contributed by atoms with Crippen molar-refractivity contribution in [2.24, 2.45) is 0 Å². The summed E-state index contributed by atoms with van der Waals surface area (Å²) in [5.41, 5.74) is -1.69. The van der Waals surface area contributed by atoms with Crippen LogP contribution in [0.1, 0.15) is 16.7 Å². The van der Waals surface area contributed by atoms with Gasteiger partial charge in [0.2, 0.25) is 10.0 Å². The summed E-state index contributed by atoms with van der Waals surface area (Å²) in [7, 11) is -4.20. The molecule has 0 bridgehead atoms. The molecule has 1 aliphatic rings. The van der Waals surface area contributed by atoms with Gasteiger partial charge in [-0.15, -0.1) is 0 Å². The Hall–Kier alpha value is -2.80. The Kier molecular flexibility index (Phi) is 6.93. The molecule has 2 amide bonds. The van der Waals surface area contributed by atoms with Crippen molar-refractivity contribution in [3.63, 3.8) is 0 Å². The van der Waals surface area contributed by atoms with Crippen LogP contribution < -0.4 is 5.32 Å². The van der Waals surface area contributed by atoms with E-state index in [-0.39, 0.29) is 38.3 Å². The van der Waals surface area contributed by atoms with Gasteiger partial charge in [0.05, 0.1) is 16.0 Å². The predicted molar refractivity (Wildman–Crippen MR) is 105 cm³/mol. The van der Waals surface area contributed by atoms with Crippen molar-refractivity contribution in [3.05, 3.63) is 65.2 Å². The van der Waals surface area contributed by atoms with Crippen LogP contribution in [0.25, 0.3) is 0 Å². The zero-order valence-electron chi connectivity index (χ0n) is 16.9.